The molecule has 0 aromatic heterocycles. The second kappa shape index (κ2) is 4.61. The lowest BCUT2D eigenvalue weighted by molar-refractivity contribution is 0.466. The lowest BCUT2D eigenvalue weighted by Crippen LogP contribution is -2.11. The van der Waals surface area contributed by atoms with Gasteiger partial charge < -0.3 is 10.6 Å². The van der Waals surface area contributed by atoms with Crippen LogP contribution in [0.15, 0.2) is 42.5 Å². The van der Waals surface area contributed by atoms with E-state index in [0.29, 0.717) is 0 Å². The Bertz CT molecular complexity index is 582. The summed E-state index contributed by atoms with van der Waals surface area (Å²) in [6, 6.07) is 13.5. The molecule has 0 heterocycles. The summed E-state index contributed by atoms with van der Waals surface area (Å²) >= 11 is 0. The molecule has 17 heavy (non-hydrogen) atoms. The third-order valence-electron chi connectivity index (χ3n) is 3.00. The molecule has 0 bridgehead atoms. The first kappa shape index (κ1) is 12.3. The zero-order chi connectivity index (χ0) is 12.5. The van der Waals surface area contributed by atoms with Gasteiger partial charge >= 0.3 is 0 Å². The summed E-state index contributed by atoms with van der Waals surface area (Å²) in [5.41, 5.74) is 6.58. The van der Waals surface area contributed by atoms with Crippen molar-refractivity contribution in [2.75, 3.05) is 6.16 Å². The fourth-order valence-corrected chi connectivity index (χ4v) is 2.84. The Morgan fingerprint density at radius 2 is 1.88 bits per heavy atom. The summed E-state index contributed by atoms with van der Waals surface area (Å²) < 4.78 is 11.8. The topological polar surface area (TPSA) is 63.3 Å². The molecule has 2 aromatic carbocycles. The van der Waals surface area contributed by atoms with Crippen LogP contribution in [0.3, 0.4) is 0 Å². The highest BCUT2D eigenvalue weighted by Crippen LogP contribution is 2.52. The van der Waals surface area contributed by atoms with Gasteiger partial charge in [0.1, 0.15) is 5.78 Å². The van der Waals surface area contributed by atoms with Gasteiger partial charge in [-0.25, -0.2) is 0 Å². The third kappa shape index (κ3) is 2.42. The molecule has 4 heteroatoms. The van der Waals surface area contributed by atoms with Crippen LogP contribution < -0.4 is 5.73 Å². The van der Waals surface area contributed by atoms with Crippen molar-refractivity contribution in [2.45, 2.75) is 12.7 Å². The number of hydrogen-bond donors (Lipinski definition) is 2. The summed E-state index contributed by atoms with van der Waals surface area (Å²) in [5, 5.41) is 2.14. The average molecular weight is 249 g/mol. The SMILES string of the molecule is CCP(=O)(O)C(N)c1ccc2ccccc2c1. The first-order valence-electron chi connectivity index (χ1n) is 5.60. The Labute approximate surface area is 101 Å². The Morgan fingerprint density at radius 3 is 2.53 bits per heavy atom. The van der Waals surface area contributed by atoms with Crippen LogP contribution in [0.4, 0.5) is 0 Å². The van der Waals surface area contributed by atoms with Gasteiger partial charge in [0.05, 0.1) is 0 Å². The highest BCUT2D eigenvalue weighted by molar-refractivity contribution is 7.58. The molecule has 2 unspecified atom stereocenters. The molecule has 0 saturated heterocycles. The molecule has 2 aromatic rings. The lowest BCUT2D eigenvalue weighted by Gasteiger charge is -2.18. The predicted molar refractivity (Wildman–Crippen MR) is 71.2 cm³/mol. The van der Waals surface area contributed by atoms with Crippen LogP contribution in [-0.4, -0.2) is 11.1 Å². The van der Waals surface area contributed by atoms with Crippen LogP contribution in [0.25, 0.3) is 10.8 Å². The van der Waals surface area contributed by atoms with Crippen LogP contribution in [0.1, 0.15) is 18.3 Å². The van der Waals surface area contributed by atoms with E-state index >= 15 is 0 Å². The quantitative estimate of drug-likeness (QED) is 0.821. The number of benzene rings is 2. The van der Waals surface area contributed by atoms with Gasteiger partial charge in [-0.15, -0.1) is 0 Å². The van der Waals surface area contributed by atoms with E-state index in [1.165, 1.54) is 0 Å². The van der Waals surface area contributed by atoms with E-state index in [-0.39, 0.29) is 6.16 Å². The van der Waals surface area contributed by atoms with Gasteiger partial charge in [-0.2, -0.15) is 0 Å². The number of fused-ring (bicyclic) bond motifs is 1. The van der Waals surface area contributed by atoms with Crippen molar-refractivity contribution in [3.05, 3.63) is 48.0 Å². The van der Waals surface area contributed by atoms with E-state index in [2.05, 4.69) is 0 Å². The molecular weight excluding hydrogens is 233 g/mol. The first-order chi connectivity index (χ1) is 8.04. The molecular formula is C13H16NO2P. The van der Waals surface area contributed by atoms with Gasteiger partial charge in [-0.1, -0.05) is 43.3 Å². The second-order valence-corrected chi connectivity index (χ2v) is 6.82. The maximum atomic E-state index is 11.8. The Balaban J connectivity index is 2.46. The molecule has 0 saturated carbocycles. The largest absolute Gasteiger partial charge is 0.343 e. The van der Waals surface area contributed by atoms with Crippen molar-refractivity contribution in [1.82, 2.24) is 0 Å². The molecule has 0 aliphatic heterocycles. The Kier molecular flexibility index (Phi) is 3.34. The molecule has 3 nitrogen and oxygen atoms in total. The highest BCUT2D eigenvalue weighted by atomic mass is 31.2. The number of hydrogen-bond acceptors (Lipinski definition) is 2. The van der Waals surface area contributed by atoms with E-state index in [1.54, 1.807) is 6.92 Å². The van der Waals surface area contributed by atoms with Crippen LogP contribution in [0.2, 0.25) is 0 Å². The zero-order valence-corrected chi connectivity index (χ0v) is 10.6. The maximum Gasteiger partial charge on any atom is 0.220 e. The van der Waals surface area contributed by atoms with Gasteiger partial charge in [-0.05, 0) is 22.4 Å². The van der Waals surface area contributed by atoms with E-state index in [1.807, 2.05) is 42.5 Å². The van der Waals surface area contributed by atoms with Gasteiger partial charge in [-0.3, -0.25) is 4.57 Å². The van der Waals surface area contributed by atoms with Crippen LogP contribution in [0, 0.1) is 0 Å². The molecule has 2 rings (SSSR count). The lowest BCUT2D eigenvalue weighted by atomic mass is 10.1. The predicted octanol–water partition coefficient (Wildman–Crippen LogP) is 3.09. The highest BCUT2D eigenvalue weighted by Gasteiger charge is 2.26. The molecule has 0 amide bonds. The summed E-state index contributed by atoms with van der Waals surface area (Å²) in [7, 11) is -3.29. The van der Waals surface area contributed by atoms with Gasteiger partial charge in [0.15, 0.2) is 0 Å². The summed E-state index contributed by atoms with van der Waals surface area (Å²) in [6.45, 7) is 1.68. The van der Waals surface area contributed by atoms with Crippen molar-refractivity contribution < 1.29 is 9.46 Å². The fraction of sp³-hybridized carbons (Fsp3) is 0.231. The van der Waals surface area contributed by atoms with Crippen molar-refractivity contribution in [3.8, 4) is 0 Å². The van der Waals surface area contributed by atoms with Crippen molar-refractivity contribution in [1.29, 1.82) is 0 Å². The molecule has 90 valence electrons. The molecule has 2 atom stereocenters. The third-order valence-corrected chi connectivity index (χ3v) is 5.08. The summed E-state index contributed by atoms with van der Waals surface area (Å²) in [6.07, 6.45) is 0.195. The molecule has 0 spiro atoms. The minimum absolute atomic E-state index is 0.195. The summed E-state index contributed by atoms with van der Waals surface area (Å²) in [4.78, 5) is 9.75. The van der Waals surface area contributed by atoms with E-state index in [0.717, 1.165) is 16.3 Å². The van der Waals surface area contributed by atoms with Gasteiger partial charge in [0.2, 0.25) is 7.37 Å². The van der Waals surface area contributed by atoms with Crippen molar-refractivity contribution in [3.63, 3.8) is 0 Å². The molecule has 0 radical (unpaired) electrons. The first-order valence-corrected chi connectivity index (χ1v) is 7.52. The van der Waals surface area contributed by atoms with Crippen LogP contribution >= 0.6 is 7.37 Å². The smallest absolute Gasteiger partial charge is 0.220 e. The van der Waals surface area contributed by atoms with Crippen molar-refractivity contribution in [2.24, 2.45) is 5.73 Å². The Hall–Kier alpha value is -1.15. The van der Waals surface area contributed by atoms with Gasteiger partial charge in [0.25, 0.3) is 0 Å². The average Bonchev–Trinajstić information content (AvgIpc) is 2.37. The van der Waals surface area contributed by atoms with E-state index in [4.69, 9.17) is 5.73 Å². The minimum Gasteiger partial charge on any atom is -0.343 e. The summed E-state index contributed by atoms with van der Waals surface area (Å²) in [5.74, 6) is -0.794. The minimum atomic E-state index is -3.29. The number of nitrogens with two attached hydrogens (primary N) is 1. The number of rotatable bonds is 3. The normalized spacial score (nSPS) is 16.6. The molecule has 0 aliphatic carbocycles. The van der Waals surface area contributed by atoms with Gasteiger partial charge in [0, 0.05) is 6.16 Å². The van der Waals surface area contributed by atoms with Crippen LogP contribution in [0.5, 0.6) is 0 Å². The molecule has 0 aliphatic rings. The standard InChI is InChI=1S/C13H16NO2P/c1-2-17(15,16)13(14)12-8-7-10-5-3-4-6-11(10)9-12/h3-9,13H,2,14H2,1H3,(H,15,16). The van der Waals surface area contributed by atoms with E-state index < -0.39 is 13.2 Å². The monoisotopic (exact) mass is 249 g/mol. The van der Waals surface area contributed by atoms with Crippen LogP contribution in [-0.2, 0) is 4.57 Å². The van der Waals surface area contributed by atoms with Crippen molar-refractivity contribution >= 4 is 18.1 Å². The molecule has 0 fully saturated rings. The zero-order valence-electron chi connectivity index (χ0n) is 9.71. The maximum absolute atomic E-state index is 11.8. The second-order valence-electron chi connectivity index (χ2n) is 4.12. The Morgan fingerprint density at radius 1 is 1.24 bits per heavy atom. The van der Waals surface area contributed by atoms with E-state index in [9.17, 15) is 9.46 Å². The molecule has 3 N–H and O–H groups in total. The fourth-order valence-electron chi connectivity index (χ4n) is 1.82.